The van der Waals surface area contributed by atoms with Crippen molar-refractivity contribution in [3.8, 4) is 135 Å². The molecule has 0 saturated carbocycles. The van der Waals surface area contributed by atoms with E-state index in [2.05, 4.69) is 530 Å². The number of hydrogen-bond acceptors (Lipinski definition) is 2. The van der Waals surface area contributed by atoms with Gasteiger partial charge in [0.15, 0.2) is 5.82 Å². The first-order valence-corrected chi connectivity index (χ1v) is 51.3. The highest BCUT2D eigenvalue weighted by atomic mass is 15.0. The molecule has 21 aromatic carbocycles. The molecule has 0 bridgehead atoms. The number of para-hydroxylation sites is 6. The molecule has 690 valence electrons. The van der Waals surface area contributed by atoms with Crippen LogP contribution in [0.5, 0.6) is 0 Å². The van der Waals surface area contributed by atoms with E-state index in [0.29, 0.717) is 5.82 Å². The van der Waals surface area contributed by atoms with Crippen molar-refractivity contribution in [1.29, 1.82) is 0 Å². The van der Waals surface area contributed by atoms with Crippen LogP contribution in [0.15, 0.2) is 461 Å². The lowest BCUT2D eigenvalue weighted by molar-refractivity contribution is 0.660. The van der Waals surface area contributed by atoms with Crippen LogP contribution in [0.1, 0.15) is 74.9 Å². The molecule has 0 fully saturated rings. The van der Waals surface area contributed by atoms with Gasteiger partial charge in [-0.15, -0.1) is 0 Å². The van der Waals surface area contributed by atoms with Crippen LogP contribution in [0, 0.1) is 0 Å². The van der Waals surface area contributed by atoms with Gasteiger partial charge in [-0.1, -0.05) is 315 Å². The Morgan fingerprint density at radius 1 is 0.143 bits per heavy atom. The first-order valence-electron chi connectivity index (χ1n) is 51.3. The van der Waals surface area contributed by atoms with Crippen molar-refractivity contribution in [1.82, 2.24) is 37.4 Å². The zero-order chi connectivity index (χ0) is 97.3. The van der Waals surface area contributed by atoms with Crippen LogP contribution in [0.4, 0.5) is 0 Å². The fraction of sp³-hybridized carbons (Fsp3) is 0.0647. The molecule has 7 aromatic heterocycles. The monoisotopic (exact) mass is 1870 g/mol. The summed E-state index contributed by atoms with van der Waals surface area (Å²) in [5, 5.41) is 14.4. The SMILES string of the molecule is CC1(C)c2ccccc2-c2ccc(-n3c4ccccc4c4cc(-c5ccc6c(c5)c5ccccc5n6-c5cccc(-c6cc(-c7cccc(-n8c9ccccc9c9cc(-c%10ccc%11c(c%10)c%10ccccc%10n%11-c%10ccc%11c(c%10)C(C)(C)c%10ccccc%10-%11)ccc98)c7)nc(-c7cccc(-n8c9ccccc9c9cc(-c%10ccc%11c(c%10)c%10ccccc%10n%11-c%10ccc%11c(c%10)C(C)(C)c%10ccccc%10-%11)ccc98)c7)n6)c5)ccc43)cc21. The third-order valence-corrected chi connectivity index (χ3v) is 33.4. The van der Waals surface area contributed by atoms with Gasteiger partial charge in [0.1, 0.15) is 0 Å². The Morgan fingerprint density at radius 3 is 0.619 bits per heavy atom. The Hall–Kier alpha value is -18.5. The summed E-state index contributed by atoms with van der Waals surface area (Å²) in [7, 11) is 0. The molecule has 0 N–H and O–H groups in total. The fourth-order valence-corrected chi connectivity index (χ4v) is 26.3. The maximum Gasteiger partial charge on any atom is 0.160 e. The molecule has 3 aliphatic carbocycles. The lowest BCUT2D eigenvalue weighted by Crippen LogP contribution is -2.15. The summed E-state index contributed by atoms with van der Waals surface area (Å²) >= 11 is 0. The van der Waals surface area contributed by atoms with Gasteiger partial charge < -0.3 is 27.4 Å². The molecule has 0 amide bonds. The maximum atomic E-state index is 5.77. The van der Waals surface area contributed by atoms with Gasteiger partial charge in [-0.3, -0.25) is 0 Å². The molecule has 7 heterocycles. The van der Waals surface area contributed by atoms with Crippen molar-refractivity contribution >= 4 is 131 Å². The Balaban J connectivity index is 0.523. The highest BCUT2D eigenvalue weighted by Crippen LogP contribution is 2.55. The van der Waals surface area contributed by atoms with E-state index in [4.69, 9.17) is 9.97 Å². The Morgan fingerprint density at radius 2 is 0.354 bits per heavy atom. The first-order chi connectivity index (χ1) is 72.1. The predicted molar refractivity (Wildman–Crippen MR) is 613 cm³/mol. The molecule has 3 aliphatic rings. The Bertz CT molecular complexity index is 9690. The van der Waals surface area contributed by atoms with Crippen LogP contribution < -0.4 is 0 Å². The second-order valence-electron chi connectivity index (χ2n) is 42.3. The molecular weight excluding hydrogens is 1780 g/mol. The summed E-state index contributed by atoms with van der Waals surface area (Å²) in [6.07, 6.45) is 0. The molecule has 0 radical (unpaired) electrons. The summed E-state index contributed by atoms with van der Waals surface area (Å²) in [6, 6.07) is 173. The molecule has 8 heteroatoms. The third-order valence-electron chi connectivity index (χ3n) is 33.4. The van der Waals surface area contributed by atoms with Crippen LogP contribution in [0.3, 0.4) is 0 Å². The van der Waals surface area contributed by atoms with Gasteiger partial charge in [-0.2, -0.15) is 0 Å². The molecule has 0 atom stereocenters. The molecular formula is C139H94N8. The van der Waals surface area contributed by atoms with Crippen molar-refractivity contribution in [2.24, 2.45) is 0 Å². The van der Waals surface area contributed by atoms with E-state index in [9.17, 15) is 0 Å². The minimum Gasteiger partial charge on any atom is -0.309 e. The van der Waals surface area contributed by atoms with E-state index in [1.54, 1.807) is 0 Å². The van der Waals surface area contributed by atoms with Gasteiger partial charge in [0.2, 0.25) is 0 Å². The number of hydrogen-bond donors (Lipinski definition) is 0. The standard InChI is InChI=1S/C139H94N8/c1-137(2)116-43-16-7-34-98(116)101-61-58-95(79-119(101)137)145-127-49-22-13-40-107(127)113-76-86(55-67-133(113)145)83-52-64-130-110(73-83)104-37-10-19-46-124(104)142(130)92-31-25-28-89(70-92)122-82-123(90-29-26-32-93(71-90)143-125-47-20-11-38-105(125)111-74-84(53-65-131(111)143)87-56-68-134-114(77-87)108-41-14-23-50-128(108)146(134)96-59-62-102-99-35-8-17-44-117(99)138(3,4)120(102)80-96)141-136(140-122)91-30-27-33-94(72-91)144-126-48-21-12-39-106(126)112-75-85(54-66-132(112)144)88-57-69-135-115(78-88)109-42-15-24-51-129(109)147(135)97-60-63-103-100-36-9-18-45-118(100)139(5,6)121(103)81-97/h7-82H,1-6H3. The van der Waals surface area contributed by atoms with E-state index < -0.39 is 0 Å². The van der Waals surface area contributed by atoms with Crippen LogP contribution in [0.25, 0.3) is 266 Å². The van der Waals surface area contributed by atoms with Crippen molar-refractivity contribution in [2.75, 3.05) is 0 Å². The maximum absolute atomic E-state index is 5.77. The van der Waals surface area contributed by atoms with Crippen LogP contribution in [-0.2, 0) is 16.2 Å². The van der Waals surface area contributed by atoms with Gasteiger partial charge in [0, 0.05) is 132 Å². The zero-order valence-electron chi connectivity index (χ0n) is 82.0. The number of aromatic nitrogens is 8. The minimum atomic E-state index is -0.126. The summed E-state index contributed by atoms with van der Waals surface area (Å²) in [5.41, 5.74) is 47.6. The summed E-state index contributed by atoms with van der Waals surface area (Å²) in [6.45, 7) is 14.2. The second kappa shape index (κ2) is 30.8. The lowest BCUT2D eigenvalue weighted by atomic mass is 9.82. The predicted octanol–water partition coefficient (Wildman–Crippen LogP) is 36.0. The molecule has 0 aliphatic heterocycles. The first kappa shape index (κ1) is 83.2. The van der Waals surface area contributed by atoms with E-state index in [1.807, 2.05) is 0 Å². The number of fused-ring (bicyclic) bond motifs is 27. The average molecular weight is 1880 g/mol. The summed E-state index contributed by atoms with van der Waals surface area (Å²) < 4.78 is 14.7. The molecule has 0 unspecified atom stereocenters. The smallest absolute Gasteiger partial charge is 0.160 e. The summed E-state index contributed by atoms with van der Waals surface area (Å²) in [5.74, 6) is 0.613. The van der Waals surface area contributed by atoms with Crippen molar-refractivity contribution in [2.45, 2.75) is 57.8 Å². The molecule has 28 aromatic rings. The molecule has 147 heavy (non-hydrogen) atoms. The number of rotatable bonds is 12. The highest BCUT2D eigenvalue weighted by Gasteiger charge is 2.40. The van der Waals surface area contributed by atoms with Crippen LogP contribution in [-0.4, -0.2) is 37.4 Å². The summed E-state index contributed by atoms with van der Waals surface area (Å²) in [4.78, 5) is 11.5. The van der Waals surface area contributed by atoms with Gasteiger partial charge in [0.05, 0.1) is 77.6 Å². The van der Waals surface area contributed by atoms with Crippen LogP contribution in [0.2, 0.25) is 0 Å². The van der Waals surface area contributed by atoms with E-state index in [1.165, 1.54) is 193 Å². The van der Waals surface area contributed by atoms with Crippen molar-refractivity contribution in [3.63, 3.8) is 0 Å². The van der Waals surface area contributed by atoms with E-state index in [0.717, 1.165) is 100 Å². The quantitative estimate of drug-likeness (QED) is 0.122. The van der Waals surface area contributed by atoms with Crippen molar-refractivity contribution in [3.05, 3.63) is 494 Å². The minimum absolute atomic E-state index is 0.125. The highest BCUT2D eigenvalue weighted by molar-refractivity contribution is 6.18. The van der Waals surface area contributed by atoms with Gasteiger partial charge in [-0.25, -0.2) is 9.97 Å². The third kappa shape index (κ3) is 12.1. The van der Waals surface area contributed by atoms with E-state index >= 15 is 0 Å². The van der Waals surface area contributed by atoms with E-state index in [-0.39, 0.29) is 16.2 Å². The Labute approximate surface area is 849 Å². The molecule has 0 saturated heterocycles. The average Bonchev–Trinajstić information content (AvgIpc) is 1.57. The van der Waals surface area contributed by atoms with Crippen LogP contribution >= 0.6 is 0 Å². The second-order valence-corrected chi connectivity index (χ2v) is 42.3. The molecule has 0 spiro atoms. The van der Waals surface area contributed by atoms with Gasteiger partial charge in [-0.05, 0) is 288 Å². The molecule has 31 rings (SSSR count). The van der Waals surface area contributed by atoms with Crippen molar-refractivity contribution < 1.29 is 0 Å². The topological polar surface area (TPSA) is 55.4 Å². The largest absolute Gasteiger partial charge is 0.309 e. The fourth-order valence-electron chi connectivity index (χ4n) is 26.3. The zero-order valence-corrected chi connectivity index (χ0v) is 82.0. The normalized spacial score (nSPS) is 13.7. The molecule has 8 nitrogen and oxygen atoms in total. The van der Waals surface area contributed by atoms with Gasteiger partial charge >= 0.3 is 0 Å². The number of nitrogens with zero attached hydrogens (tertiary/aromatic N) is 8. The Kier molecular flexibility index (Phi) is 17.4. The van der Waals surface area contributed by atoms with Gasteiger partial charge in [0.25, 0.3) is 0 Å². The lowest BCUT2D eigenvalue weighted by Gasteiger charge is -2.22. The number of benzene rings is 21.